The van der Waals surface area contributed by atoms with Crippen LogP contribution >= 0.6 is 11.6 Å². The average molecular weight is 625 g/mol. The molecule has 1 heterocycles. The summed E-state index contributed by atoms with van der Waals surface area (Å²) in [6, 6.07) is 12.5. The number of benzene rings is 2. The van der Waals surface area contributed by atoms with Crippen molar-refractivity contribution in [2.75, 3.05) is 0 Å². The minimum atomic E-state index is 0. The average Bonchev–Trinajstić information content (AvgIpc) is 2.80. The third-order valence-electron chi connectivity index (χ3n) is 5.83. The summed E-state index contributed by atoms with van der Waals surface area (Å²) in [5.74, 6) is 0. The van der Waals surface area contributed by atoms with E-state index in [0.717, 1.165) is 48.4 Å². The molecule has 0 aliphatic heterocycles. The van der Waals surface area contributed by atoms with Crippen LogP contribution in [0.5, 0.6) is 0 Å². The van der Waals surface area contributed by atoms with Crippen LogP contribution in [0, 0.1) is 13.8 Å². The molecule has 0 saturated heterocycles. The van der Waals surface area contributed by atoms with E-state index in [1.165, 1.54) is 33.4 Å². The van der Waals surface area contributed by atoms with Gasteiger partial charge in [0.1, 0.15) is 0 Å². The van der Waals surface area contributed by atoms with E-state index in [-0.39, 0.29) is 54.0 Å². The molecule has 0 aliphatic rings. The summed E-state index contributed by atoms with van der Waals surface area (Å²) in [4.78, 5) is 14.4. The van der Waals surface area contributed by atoms with Crippen molar-refractivity contribution in [3.05, 3.63) is 86.2 Å². The van der Waals surface area contributed by atoms with Gasteiger partial charge in [0.2, 0.25) is 0 Å². The fourth-order valence-corrected chi connectivity index (χ4v) is 4.43. The summed E-state index contributed by atoms with van der Waals surface area (Å²) in [5, 5.41) is 0.624. The molecular formula is C29H34Cl4CoN3. The Hall–Kier alpha value is -1.40. The van der Waals surface area contributed by atoms with Gasteiger partial charge in [0.05, 0.1) is 35.2 Å². The number of hydrogen-bond acceptors (Lipinski definition) is 3. The maximum Gasteiger partial charge on any atom is 3.00 e. The topological polar surface area (TPSA) is 37.6 Å². The van der Waals surface area contributed by atoms with E-state index >= 15 is 0 Å². The van der Waals surface area contributed by atoms with E-state index in [1.54, 1.807) is 0 Å². The summed E-state index contributed by atoms with van der Waals surface area (Å²) in [6.07, 6.45) is 7.40. The van der Waals surface area contributed by atoms with Crippen molar-refractivity contribution in [3.63, 3.8) is 0 Å². The zero-order valence-electron chi connectivity index (χ0n) is 22.1. The summed E-state index contributed by atoms with van der Waals surface area (Å²) in [6.45, 7) is 12.9. The molecular weight excluding hydrogens is 591 g/mol. The Morgan fingerprint density at radius 1 is 0.622 bits per heavy atom. The van der Waals surface area contributed by atoms with Crippen molar-refractivity contribution in [2.24, 2.45) is 9.98 Å². The molecule has 2 aromatic carbocycles. The van der Waals surface area contributed by atoms with Crippen LogP contribution in [0.4, 0.5) is 11.4 Å². The quantitative estimate of drug-likeness (QED) is 0.300. The molecule has 202 valence electrons. The van der Waals surface area contributed by atoms with E-state index in [4.69, 9.17) is 26.6 Å². The second-order valence-electron chi connectivity index (χ2n) is 8.43. The molecule has 3 nitrogen and oxygen atoms in total. The molecule has 0 bridgehead atoms. The predicted octanol–water partition coefficient (Wildman–Crippen LogP) is -0.888. The smallest absolute Gasteiger partial charge is 1.00 e. The Bertz CT molecular complexity index is 1070. The Kier molecular flexibility index (Phi) is 18.3. The molecule has 0 saturated carbocycles. The van der Waals surface area contributed by atoms with Gasteiger partial charge in [-0.05, 0) is 73.9 Å². The molecule has 37 heavy (non-hydrogen) atoms. The summed E-state index contributed by atoms with van der Waals surface area (Å²) in [7, 11) is 0. The van der Waals surface area contributed by atoms with Crippen molar-refractivity contribution >= 4 is 35.4 Å². The van der Waals surface area contributed by atoms with Crippen LogP contribution < -0.4 is 37.2 Å². The van der Waals surface area contributed by atoms with Crippen LogP contribution in [0.2, 0.25) is 5.02 Å². The normalized spacial score (nSPS) is 10.5. The molecule has 0 amide bonds. The summed E-state index contributed by atoms with van der Waals surface area (Å²) in [5.41, 5.74) is 11.1. The van der Waals surface area contributed by atoms with Crippen molar-refractivity contribution in [1.82, 2.24) is 4.98 Å². The predicted molar refractivity (Wildman–Crippen MR) is 144 cm³/mol. The summed E-state index contributed by atoms with van der Waals surface area (Å²) < 4.78 is 0. The van der Waals surface area contributed by atoms with Crippen molar-refractivity contribution in [3.8, 4) is 0 Å². The van der Waals surface area contributed by atoms with Gasteiger partial charge in [0.15, 0.2) is 0 Å². The van der Waals surface area contributed by atoms with Crippen LogP contribution in [0.15, 0.2) is 46.4 Å². The second kappa shape index (κ2) is 18.0. The number of aryl methyl sites for hydroxylation is 6. The van der Waals surface area contributed by atoms with Crippen molar-refractivity contribution in [1.29, 1.82) is 0 Å². The van der Waals surface area contributed by atoms with Gasteiger partial charge in [0, 0.05) is 5.02 Å². The van der Waals surface area contributed by atoms with Crippen LogP contribution in [-0.2, 0) is 42.5 Å². The van der Waals surface area contributed by atoms with E-state index in [9.17, 15) is 0 Å². The van der Waals surface area contributed by atoms with Crippen LogP contribution in [0.3, 0.4) is 0 Å². The largest absolute Gasteiger partial charge is 3.00 e. The SMILES string of the molecule is CCc1cc(C)cc(CC)c1N=Cc1cc(Cl)cc(C=Nc2c(CC)cc(C)cc2CC)n1.[Cl-].[Cl-].[Cl-].[Co+3]. The number of pyridine rings is 1. The van der Waals surface area contributed by atoms with E-state index in [1.807, 2.05) is 24.6 Å². The molecule has 3 rings (SSSR count). The van der Waals surface area contributed by atoms with Crippen molar-refractivity contribution in [2.45, 2.75) is 67.2 Å². The molecule has 0 fully saturated rings. The van der Waals surface area contributed by atoms with Gasteiger partial charge in [-0.1, -0.05) is 74.7 Å². The monoisotopic (exact) mass is 623 g/mol. The number of hydrogen-bond donors (Lipinski definition) is 0. The van der Waals surface area contributed by atoms with Gasteiger partial charge < -0.3 is 37.2 Å². The van der Waals surface area contributed by atoms with E-state index < -0.39 is 0 Å². The van der Waals surface area contributed by atoms with E-state index in [2.05, 4.69) is 65.8 Å². The number of aromatic nitrogens is 1. The zero-order chi connectivity index (χ0) is 24.0. The first kappa shape index (κ1) is 37.7. The summed E-state index contributed by atoms with van der Waals surface area (Å²) >= 11 is 6.43. The Morgan fingerprint density at radius 3 is 1.19 bits per heavy atom. The maximum absolute atomic E-state index is 6.43. The molecule has 0 N–H and O–H groups in total. The van der Waals surface area contributed by atoms with Gasteiger partial charge in [0.25, 0.3) is 0 Å². The number of nitrogens with zero attached hydrogens (tertiary/aromatic N) is 3. The van der Waals surface area contributed by atoms with Crippen molar-refractivity contribution < 1.29 is 54.0 Å². The first-order chi connectivity index (χ1) is 15.9. The molecule has 8 heteroatoms. The third kappa shape index (κ3) is 10.0. The second-order valence-corrected chi connectivity index (χ2v) is 8.87. The first-order valence-electron chi connectivity index (χ1n) is 11.9. The number of rotatable bonds is 8. The molecule has 0 aliphatic carbocycles. The van der Waals surface area contributed by atoms with Crippen LogP contribution in [0.1, 0.15) is 72.5 Å². The molecule has 0 radical (unpaired) electrons. The molecule has 3 aromatic rings. The first-order valence-corrected chi connectivity index (χ1v) is 12.3. The third-order valence-corrected chi connectivity index (χ3v) is 6.05. The zero-order valence-corrected chi connectivity index (χ0v) is 26.2. The number of aliphatic imine (C=N–C) groups is 2. The Labute approximate surface area is 256 Å². The molecule has 0 atom stereocenters. The van der Waals surface area contributed by atoms with Crippen LogP contribution in [-0.4, -0.2) is 17.4 Å². The van der Waals surface area contributed by atoms with Gasteiger partial charge in [-0.3, -0.25) is 9.98 Å². The van der Waals surface area contributed by atoms with Crippen LogP contribution in [0.25, 0.3) is 0 Å². The number of halogens is 4. The Morgan fingerprint density at radius 2 is 0.919 bits per heavy atom. The minimum Gasteiger partial charge on any atom is -1.00 e. The molecule has 0 unspecified atom stereocenters. The fourth-order valence-electron chi connectivity index (χ4n) is 4.21. The van der Waals surface area contributed by atoms with E-state index in [0.29, 0.717) is 5.02 Å². The minimum absolute atomic E-state index is 0. The fraction of sp³-hybridized carbons (Fsp3) is 0.345. The molecule has 1 aromatic heterocycles. The van der Waals surface area contributed by atoms with Gasteiger partial charge in [-0.25, -0.2) is 4.98 Å². The Balaban J connectivity index is 0. The van der Waals surface area contributed by atoms with Gasteiger partial charge in [-0.2, -0.15) is 0 Å². The molecule has 0 spiro atoms. The maximum atomic E-state index is 6.43. The van der Waals surface area contributed by atoms with Gasteiger partial charge in [-0.15, -0.1) is 0 Å². The standard InChI is InChI=1S/C29H34ClN3.3ClH.Co/c1-7-21-11-19(5)12-22(8-2)28(21)31-17-26-15-25(30)16-27(33-26)18-32-29-23(9-3)13-20(6)14-24(29)10-4;;;;/h11-18H,7-10H2,1-6H3;3*1H;/q;;;;+3/p-3. The van der Waals surface area contributed by atoms with Gasteiger partial charge >= 0.3 is 16.8 Å².